The second kappa shape index (κ2) is 9.30. The molecule has 0 unspecified atom stereocenters. The van der Waals surface area contributed by atoms with Crippen LogP contribution in [-0.4, -0.2) is 46.3 Å². The molecule has 1 aromatic heterocycles. The van der Waals surface area contributed by atoms with E-state index in [4.69, 9.17) is 0 Å². The van der Waals surface area contributed by atoms with Gasteiger partial charge in [-0.1, -0.05) is 12.1 Å². The number of likely N-dealkylation sites (tertiary alicyclic amines) is 1. The second-order valence-corrected chi connectivity index (χ2v) is 7.22. The molecule has 148 valence electrons. The number of carbonyl (C=O) groups is 2. The Morgan fingerprint density at radius 2 is 2.00 bits per heavy atom. The lowest BCUT2D eigenvalue weighted by atomic mass is 9.96. The van der Waals surface area contributed by atoms with E-state index in [-0.39, 0.29) is 11.8 Å². The molecular formula is C21H27N5O2. The summed E-state index contributed by atoms with van der Waals surface area (Å²) in [6.45, 7) is 6.13. The highest BCUT2D eigenvalue weighted by Crippen LogP contribution is 2.19. The number of nitrogens with zero attached hydrogens (tertiary/aromatic N) is 3. The summed E-state index contributed by atoms with van der Waals surface area (Å²) >= 11 is 0. The number of aromatic nitrogens is 2. The summed E-state index contributed by atoms with van der Waals surface area (Å²) in [6.07, 6.45) is 3.56. The van der Waals surface area contributed by atoms with Gasteiger partial charge in [0.2, 0.25) is 5.91 Å². The molecule has 1 fully saturated rings. The lowest BCUT2D eigenvalue weighted by Crippen LogP contribution is -2.41. The molecule has 0 spiro atoms. The maximum Gasteiger partial charge on any atom is 0.253 e. The minimum Gasteiger partial charge on any atom is -0.366 e. The molecule has 1 aliphatic heterocycles. The smallest absolute Gasteiger partial charge is 0.253 e. The van der Waals surface area contributed by atoms with E-state index in [1.54, 1.807) is 6.20 Å². The summed E-state index contributed by atoms with van der Waals surface area (Å²) in [5.74, 6) is 2.00. The van der Waals surface area contributed by atoms with Crippen LogP contribution < -0.4 is 10.6 Å². The zero-order chi connectivity index (χ0) is 19.9. The molecular weight excluding hydrogens is 354 g/mol. The molecule has 1 saturated heterocycles. The van der Waals surface area contributed by atoms with Gasteiger partial charge in [0, 0.05) is 44.9 Å². The largest absolute Gasteiger partial charge is 0.366 e. The average Bonchev–Trinajstić information content (AvgIpc) is 2.71. The van der Waals surface area contributed by atoms with Gasteiger partial charge in [-0.3, -0.25) is 9.59 Å². The van der Waals surface area contributed by atoms with Gasteiger partial charge < -0.3 is 15.5 Å². The fraction of sp³-hybridized carbons (Fsp3) is 0.429. The van der Waals surface area contributed by atoms with Gasteiger partial charge in [-0.25, -0.2) is 9.97 Å². The number of amides is 2. The van der Waals surface area contributed by atoms with Crippen molar-refractivity contribution in [2.24, 2.45) is 5.92 Å². The number of benzene rings is 1. The minimum absolute atomic E-state index is 0.000978. The third-order valence-electron chi connectivity index (χ3n) is 4.97. The second-order valence-electron chi connectivity index (χ2n) is 7.22. The number of hydrogen-bond donors (Lipinski definition) is 2. The van der Waals surface area contributed by atoms with E-state index in [9.17, 15) is 9.59 Å². The van der Waals surface area contributed by atoms with Gasteiger partial charge >= 0.3 is 0 Å². The Hall–Kier alpha value is -2.96. The van der Waals surface area contributed by atoms with Gasteiger partial charge in [0.25, 0.3) is 5.91 Å². The summed E-state index contributed by atoms with van der Waals surface area (Å²) in [6, 6.07) is 9.54. The molecule has 7 heteroatoms. The Bertz CT molecular complexity index is 831. The van der Waals surface area contributed by atoms with Crippen LogP contribution in [0.3, 0.4) is 0 Å². The summed E-state index contributed by atoms with van der Waals surface area (Å²) in [5.41, 5.74) is 1.74. The Morgan fingerprint density at radius 1 is 1.21 bits per heavy atom. The first kappa shape index (κ1) is 19.8. The first-order chi connectivity index (χ1) is 13.5. The number of piperidine rings is 1. The highest BCUT2D eigenvalue weighted by molar-refractivity contribution is 5.94. The molecule has 2 aromatic rings. The van der Waals surface area contributed by atoms with Crippen molar-refractivity contribution < 1.29 is 9.59 Å². The lowest BCUT2D eigenvalue weighted by Gasteiger charge is -2.32. The SMILES string of the molecule is CC(=O)NCC1CCN(C(=O)c2cccc(CNc3ccnc(C)n3)c2)CC1. The molecule has 7 nitrogen and oxygen atoms in total. The van der Waals surface area contributed by atoms with Crippen molar-refractivity contribution in [2.45, 2.75) is 33.2 Å². The Balaban J connectivity index is 1.54. The molecule has 0 bridgehead atoms. The molecule has 2 N–H and O–H groups in total. The van der Waals surface area contributed by atoms with Crippen molar-refractivity contribution in [1.29, 1.82) is 0 Å². The van der Waals surface area contributed by atoms with Gasteiger partial charge in [-0.05, 0) is 49.4 Å². The lowest BCUT2D eigenvalue weighted by molar-refractivity contribution is -0.119. The van der Waals surface area contributed by atoms with Crippen LogP contribution in [0.5, 0.6) is 0 Å². The van der Waals surface area contributed by atoms with Gasteiger partial charge in [-0.15, -0.1) is 0 Å². The van der Waals surface area contributed by atoms with E-state index in [2.05, 4.69) is 20.6 Å². The average molecular weight is 381 g/mol. The van der Waals surface area contributed by atoms with E-state index >= 15 is 0 Å². The molecule has 1 aromatic carbocycles. The van der Waals surface area contributed by atoms with Crippen LogP contribution in [0.1, 0.15) is 41.5 Å². The van der Waals surface area contributed by atoms with E-state index < -0.39 is 0 Å². The fourth-order valence-corrected chi connectivity index (χ4v) is 3.37. The number of hydrogen-bond acceptors (Lipinski definition) is 5. The fourth-order valence-electron chi connectivity index (χ4n) is 3.37. The zero-order valence-corrected chi connectivity index (χ0v) is 16.4. The van der Waals surface area contributed by atoms with Crippen LogP contribution in [0.2, 0.25) is 0 Å². The molecule has 0 aliphatic carbocycles. The molecule has 3 rings (SSSR count). The minimum atomic E-state index is 0.000978. The van der Waals surface area contributed by atoms with Crippen molar-refractivity contribution in [2.75, 3.05) is 25.0 Å². The molecule has 1 aliphatic rings. The summed E-state index contributed by atoms with van der Waals surface area (Å²) in [7, 11) is 0. The summed E-state index contributed by atoms with van der Waals surface area (Å²) in [4.78, 5) is 34.2. The summed E-state index contributed by atoms with van der Waals surface area (Å²) in [5, 5.41) is 6.14. The normalized spacial score (nSPS) is 14.6. The summed E-state index contributed by atoms with van der Waals surface area (Å²) < 4.78 is 0. The standard InChI is InChI=1S/C21H27N5O2/c1-15-22-9-6-20(25-15)24-14-18-4-3-5-19(12-18)21(28)26-10-7-17(8-11-26)13-23-16(2)27/h3-6,9,12,17H,7-8,10-11,13-14H2,1-2H3,(H,23,27)(H,22,24,25). The molecule has 0 atom stereocenters. The van der Waals surface area contributed by atoms with Crippen LogP contribution in [0, 0.1) is 12.8 Å². The van der Waals surface area contributed by atoms with Crippen LogP contribution in [0.15, 0.2) is 36.5 Å². The van der Waals surface area contributed by atoms with Crippen molar-refractivity contribution in [1.82, 2.24) is 20.2 Å². The molecule has 0 radical (unpaired) electrons. The number of rotatable bonds is 6. The Morgan fingerprint density at radius 3 is 2.71 bits per heavy atom. The number of aryl methyl sites for hydroxylation is 1. The van der Waals surface area contributed by atoms with Crippen molar-refractivity contribution >= 4 is 17.6 Å². The van der Waals surface area contributed by atoms with Gasteiger partial charge in [0.05, 0.1) is 0 Å². The Kier molecular flexibility index (Phi) is 6.57. The van der Waals surface area contributed by atoms with Crippen molar-refractivity contribution in [3.63, 3.8) is 0 Å². The van der Waals surface area contributed by atoms with E-state index in [1.807, 2.05) is 42.2 Å². The zero-order valence-electron chi connectivity index (χ0n) is 16.4. The van der Waals surface area contributed by atoms with Crippen molar-refractivity contribution in [3.05, 3.63) is 53.5 Å². The van der Waals surface area contributed by atoms with E-state index in [0.717, 1.165) is 43.1 Å². The topological polar surface area (TPSA) is 87.2 Å². The predicted octanol–water partition coefficient (Wildman–Crippen LogP) is 2.39. The quantitative estimate of drug-likeness (QED) is 0.802. The maximum atomic E-state index is 12.9. The third-order valence-corrected chi connectivity index (χ3v) is 4.97. The predicted molar refractivity (Wildman–Crippen MR) is 108 cm³/mol. The van der Waals surface area contributed by atoms with Crippen LogP contribution in [-0.2, 0) is 11.3 Å². The Labute approximate surface area is 165 Å². The number of carbonyl (C=O) groups excluding carboxylic acids is 2. The molecule has 2 heterocycles. The monoisotopic (exact) mass is 381 g/mol. The molecule has 0 saturated carbocycles. The maximum absolute atomic E-state index is 12.9. The van der Waals surface area contributed by atoms with Crippen LogP contribution in [0.25, 0.3) is 0 Å². The molecule has 2 amide bonds. The molecule has 28 heavy (non-hydrogen) atoms. The first-order valence-electron chi connectivity index (χ1n) is 9.67. The van der Waals surface area contributed by atoms with Gasteiger partial charge in [-0.2, -0.15) is 0 Å². The van der Waals surface area contributed by atoms with Crippen molar-refractivity contribution in [3.8, 4) is 0 Å². The van der Waals surface area contributed by atoms with E-state index in [0.29, 0.717) is 24.6 Å². The van der Waals surface area contributed by atoms with Gasteiger partial charge in [0.1, 0.15) is 11.6 Å². The number of nitrogens with one attached hydrogen (secondary N) is 2. The number of anilines is 1. The van der Waals surface area contributed by atoms with Gasteiger partial charge in [0.15, 0.2) is 0 Å². The van der Waals surface area contributed by atoms with E-state index in [1.165, 1.54) is 6.92 Å². The first-order valence-corrected chi connectivity index (χ1v) is 9.67. The highest BCUT2D eigenvalue weighted by atomic mass is 16.2. The van der Waals surface area contributed by atoms with Crippen LogP contribution in [0.4, 0.5) is 5.82 Å². The van der Waals surface area contributed by atoms with Crippen LogP contribution >= 0.6 is 0 Å². The third kappa shape index (κ3) is 5.52. The highest BCUT2D eigenvalue weighted by Gasteiger charge is 2.23.